The zero-order valence-electron chi connectivity index (χ0n) is 15.1. The third-order valence-corrected chi connectivity index (χ3v) is 4.78. The largest absolute Gasteiger partial charge is 0.484 e. The lowest BCUT2D eigenvalue weighted by Crippen LogP contribution is -2.55. The zero-order chi connectivity index (χ0) is 18.4. The van der Waals surface area contributed by atoms with Crippen molar-refractivity contribution in [3.63, 3.8) is 0 Å². The first-order valence-corrected chi connectivity index (χ1v) is 9.10. The molecular formula is C21H25FN2O2. The van der Waals surface area contributed by atoms with Gasteiger partial charge in [-0.05, 0) is 36.2 Å². The van der Waals surface area contributed by atoms with Crippen molar-refractivity contribution in [2.45, 2.75) is 25.9 Å². The van der Waals surface area contributed by atoms with Gasteiger partial charge in [-0.3, -0.25) is 9.69 Å². The lowest BCUT2D eigenvalue weighted by Gasteiger charge is -2.41. The average Bonchev–Trinajstić information content (AvgIpc) is 2.68. The predicted molar refractivity (Wildman–Crippen MR) is 99.4 cm³/mol. The highest BCUT2D eigenvalue weighted by Gasteiger charge is 2.29. The van der Waals surface area contributed by atoms with Crippen LogP contribution in [0.25, 0.3) is 0 Å². The van der Waals surface area contributed by atoms with Crippen molar-refractivity contribution >= 4 is 5.91 Å². The van der Waals surface area contributed by atoms with E-state index in [2.05, 4.69) is 36.1 Å². The summed E-state index contributed by atoms with van der Waals surface area (Å²) in [5.41, 5.74) is 1.29. The van der Waals surface area contributed by atoms with E-state index in [1.165, 1.54) is 29.8 Å². The van der Waals surface area contributed by atoms with Crippen molar-refractivity contribution in [2.24, 2.45) is 0 Å². The standard InChI is InChI=1S/C21H25FN2O2/c1-2-19-15-23(14-17-6-4-3-5-7-17)12-13-24(19)21(25)16-26-20-10-8-18(22)9-11-20/h3-11,19H,2,12-16H2,1H3/t19-/m0/s1. The molecule has 1 amide bonds. The van der Waals surface area contributed by atoms with Crippen molar-refractivity contribution in [3.05, 3.63) is 66.0 Å². The quantitative estimate of drug-likeness (QED) is 0.796. The molecule has 1 aliphatic heterocycles. The molecular weight excluding hydrogens is 331 g/mol. The van der Waals surface area contributed by atoms with Crippen molar-refractivity contribution in [3.8, 4) is 5.75 Å². The molecule has 0 spiro atoms. The lowest BCUT2D eigenvalue weighted by molar-refractivity contribution is -0.138. The molecule has 2 aromatic rings. The van der Waals surface area contributed by atoms with Gasteiger partial charge < -0.3 is 9.64 Å². The number of nitrogens with zero attached hydrogens (tertiary/aromatic N) is 2. The van der Waals surface area contributed by atoms with Crippen LogP contribution in [0.5, 0.6) is 5.75 Å². The Morgan fingerprint density at radius 3 is 2.54 bits per heavy atom. The van der Waals surface area contributed by atoms with Gasteiger partial charge >= 0.3 is 0 Å². The summed E-state index contributed by atoms with van der Waals surface area (Å²) in [5, 5.41) is 0. The maximum atomic E-state index is 12.9. The van der Waals surface area contributed by atoms with Gasteiger partial charge in [0.25, 0.3) is 5.91 Å². The van der Waals surface area contributed by atoms with Crippen molar-refractivity contribution in [1.82, 2.24) is 9.80 Å². The minimum atomic E-state index is -0.315. The maximum absolute atomic E-state index is 12.9. The Bertz CT molecular complexity index is 706. The molecule has 0 aromatic heterocycles. The summed E-state index contributed by atoms with van der Waals surface area (Å²) in [6.07, 6.45) is 0.910. The van der Waals surface area contributed by atoms with Crippen LogP contribution < -0.4 is 4.74 Å². The second-order valence-electron chi connectivity index (χ2n) is 6.61. The third kappa shape index (κ3) is 4.82. The van der Waals surface area contributed by atoms with Crippen molar-refractivity contribution in [2.75, 3.05) is 26.2 Å². The molecule has 5 heteroatoms. The Labute approximate surface area is 154 Å². The SMILES string of the molecule is CC[C@H]1CN(Cc2ccccc2)CCN1C(=O)COc1ccc(F)cc1. The molecule has 26 heavy (non-hydrogen) atoms. The number of hydrogen-bond donors (Lipinski definition) is 0. The van der Waals surface area contributed by atoms with E-state index in [0.717, 1.165) is 26.1 Å². The van der Waals surface area contributed by atoms with Gasteiger partial charge in [-0.1, -0.05) is 37.3 Å². The van der Waals surface area contributed by atoms with Gasteiger partial charge in [0, 0.05) is 32.2 Å². The van der Waals surface area contributed by atoms with E-state index in [9.17, 15) is 9.18 Å². The zero-order valence-corrected chi connectivity index (χ0v) is 15.1. The number of halogens is 1. The van der Waals surface area contributed by atoms with Crippen LogP contribution in [-0.2, 0) is 11.3 Å². The molecule has 2 aromatic carbocycles. The van der Waals surface area contributed by atoms with Gasteiger partial charge in [-0.25, -0.2) is 4.39 Å². The van der Waals surface area contributed by atoms with Crippen LogP contribution >= 0.6 is 0 Å². The number of piperazine rings is 1. The Balaban J connectivity index is 1.53. The van der Waals surface area contributed by atoms with Crippen LogP contribution in [0.1, 0.15) is 18.9 Å². The van der Waals surface area contributed by atoms with Crippen LogP contribution in [-0.4, -0.2) is 48.0 Å². The number of rotatable bonds is 6. The molecule has 1 atom stereocenters. The molecule has 3 rings (SSSR count). The molecule has 4 nitrogen and oxygen atoms in total. The van der Waals surface area contributed by atoms with E-state index in [1.807, 2.05) is 11.0 Å². The molecule has 0 aliphatic carbocycles. The first-order valence-electron chi connectivity index (χ1n) is 9.10. The Kier molecular flexibility index (Phi) is 6.23. The van der Waals surface area contributed by atoms with Gasteiger partial charge in [0.2, 0.25) is 0 Å². The number of hydrogen-bond acceptors (Lipinski definition) is 3. The summed E-state index contributed by atoms with van der Waals surface area (Å²) in [6, 6.07) is 16.3. The van der Waals surface area contributed by atoms with E-state index >= 15 is 0 Å². The molecule has 1 heterocycles. The second kappa shape index (κ2) is 8.81. The molecule has 0 saturated carbocycles. The predicted octanol–water partition coefficient (Wildman–Crippen LogP) is 3.33. The Hall–Kier alpha value is -2.40. The number of carbonyl (C=O) groups is 1. The van der Waals surface area contributed by atoms with Crippen molar-refractivity contribution in [1.29, 1.82) is 0 Å². The first kappa shape index (κ1) is 18.4. The monoisotopic (exact) mass is 356 g/mol. The van der Waals surface area contributed by atoms with Gasteiger partial charge in [0.1, 0.15) is 11.6 Å². The van der Waals surface area contributed by atoms with E-state index in [0.29, 0.717) is 12.3 Å². The van der Waals surface area contributed by atoms with Gasteiger partial charge in [0.15, 0.2) is 6.61 Å². The minimum absolute atomic E-state index is 0.0131. The highest BCUT2D eigenvalue weighted by atomic mass is 19.1. The average molecular weight is 356 g/mol. The molecule has 1 aliphatic rings. The summed E-state index contributed by atoms with van der Waals surface area (Å²) in [6.45, 7) is 5.43. The number of amides is 1. The van der Waals surface area contributed by atoms with Crippen LogP contribution in [0.3, 0.4) is 0 Å². The summed E-state index contributed by atoms with van der Waals surface area (Å²) >= 11 is 0. The van der Waals surface area contributed by atoms with Gasteiger partial charge in [0.05, 0.1) is 0 Å². The molecule has 0 N–H and O–H groups in total. The topological polar surface area (TPSA) is 32.8 Å². The van der Waals surface area contributed by atoms with E-state index in [4.69, 9.17) is 4.74 Å². The fraction of sp³-hybridized carbons (Fsp3) is 0.381. The highest BCUT2D eigenvalue weighted by molar-refractivity contribution is 5.78. The number of carbonyl (C=O) groups excluding carboxylic acids is 1. The second-order valence-corrected chi connectivity index (χ2v) is 6.61. The van der Waals surface area contributed by atoms with E-state index < -0.39 is 0 Å². The third-order valence-electron chi connectivity index (χ3n) is 4.78. The van der Waals surface area contributed by atoms with Crippen LogP contribution in [0.2, 0.25) is 0 Å². The smallest absolute Gasteiger partial charge is 0.260 e. The molecule has 1 saturated heterocycles. The van der Waals surface area contributed by atoms with Crippen LogP contribution in [0.15, 0.2) is 54.6 Å². The Morgan fingerprint density at radius 1 is 1.12 bits per heavy atom. The van der Waals surface area contributed by atoms with Gasteiger partial charge in [-0.15, -0.1) is 0 Å². The molecule has 0 unspecified atom stereocenters. The van der Waals surface area contributed by atoms with Gasteiger partial charge in [-0.2, -0.15) is 0 Å². The Morgan fingerprint density at radius 2 is 1.85 bits per heavy atom. The fourth-order valence-electron chi connectivity index (χ4n) is 3.34. The first-order chi connectivity index (χ1) is 12.7. The fourth-order valence-corrected chi connectivity index (χ4v) is 3.34. The molecule has 0 bridgehead atoms. The summed E-state index contributed by atoms with van der Waals surface area (Å²) in [5.74, 6) is 0.181. The van der Waals surface area contributed by atoms with E-state index in [-0.39, 0.29) is 24.4 Å². The van der Waals surface area contributed by atoms with Crippen LogP contribution in [0.4, 0.5) is 4.39 Å². The molecule has 0 radical (unpaired) electrons. The molecule has 138 valence electrons. The maximum Gasteiger partial charge on any atom is 0.260 e. The highest BCUT2D eigenvalue weighted by Crippen LogP contribution is 2.17. The van der Waals surface area contributed by atoms with Crippen molar-refractivity contribution < 1.29 is 13.9 Å². The molecule has 1 fully saturated rings. The minimum Gasteiger partial charge on any atom is -0.484 e. The summed E-state index contributed by atoms with van der Waals surface area (Å²) < 4.78 is 18.5. The summed E-state index contributed by atoms with van der Waals surface area (Å²) in [4.78, 5) is 16.9. The lowest BCUT2D eigenvalue weighted by atomic mass is 10.1. The normalized spacial score (nSPS) is 17.9. The number of ether oxygens (including phenoxy) is 1. The van der Waals surface area contributed by atoms with Crippen LogP contribution in [0, 0.1) is 5.82 Å². The summed E-state index contributed by atoms with van der Waals surface area (Å²) in [7, 11) is 0. The number of benzene rings is 2. The van der Waals surface area contributed by atoms with E-state index in [1.54, 1.807) is 0 Å².